The summed E-state index contributed by atoms with van der Waals surface area (Å²) in [6.45, 7) is 0.0196. The van der Waals surface area contributed by atoms with Crippen molar-refractivity contribution in [2.75, 3.05) is 6.61 Å². The lowest BCUT2D eigenvalue weighted by atomic mass is 10.1. The predicted molar refractivity (Wildman–Crippen MR) is 85.8 cm³/mol. The molecule has 1 aromatic carbocycles. The molecule has 1 aliphatic rings. The quantitative estimate of drug-likeness (QED) is 0.800. The molecule has 1 saturated carbocycles. The molecule has 0 spiro atoms. The predicted octanol–water partition coefficient (Wildman–Crippen LogP) is 3.73. The second-order valence-corrected chi connectivity index (χ2v) is 6.37. The minimum absolute atomic E-state index is 0.253. The number of hydrogen-bond donors (Lipinski definition) is 1. The molecule has 0 aliphatic heterocycles. The summed E-state index contributed by atoms with van der Waals surface area (Å²) in [6, 6.07) is 5.07. The maximum Gasteiger partial charge on any atom is 0.306 e. The van der Waals surface area contributed by atoms with Gasteiger partial charge in [-0.3, -0.25) is 9.59 Å². The highest BCUT2D eigenvalue weighted by atomic mass is 35.5. The van der Waals surface area contributed by atoms with Crippen molar-refractivity contribution in [2.45, 2.75) is 38.6 Å². The molecule has 2 rings (SSSR count). The molecule has 4 nitrogen and oxygen atoms in total. The Hall–Kier alpha value is -1.26. The highest BCUT2D eigenvalue weighted by Crippen LogP contribution is 2.27. The van der Waals surface area contributed by atoms with Gasteiger partial charge in [0.15, 0.2) is 6.61 Å². The van der Waals surface area contributed by atoms with Crippen molar-refractivity contribution < 1.29 is 14.3 Å². The molecule has 22 heavy (non-hydrogen) atoms. The number of benzene rings is 1. The summed E-state index contributed by atoms with van der Waals surface area (Å²) >= 11 is 11.8. The Labute approximate surface area is 140 Å². The molecular weight excluding hydrogens is 325 g/mol. The Balaban J connectivity index is 1.68. The van der Waals surface area contributed by atoms with E-state index in [0.29, 0.717) is 22.4 Å². The molecule has 0 bridgehead atoms. The van der Waals surface area contributed by atoms with Gasteiger partial charge in [-0.05, 0) is 36.5 Å². The second-order valence-electron chi connectivity index (χ2n) is 5.53. The summed E-state index contributed by atoms with van der Waals surface area (Å²) in [7, 11) is 0. The zero-order valence-corrected chi connectivity index (χ0v) is 13.8. The SMILES string of the molecule is O=C(COC(=O)CC1CCCC1)NCc1ccc(Cl)cc1Cl. The lowest BCUT2D eigenvalue weighted by molar-refractivity contribution is -0.149. The summed E-state index contributed by atoms with van der Waals surface area (Å²) in [5.74, 6) is -0.221. The van der Waals surface area contributed by atoms with Gasteiger partial charge < -0.3 is 10.1 Å². The van der Waals surface area contributed by atoms with Gasteiger partial charge in [0.2, 0.25) is 0 Å². The van der Waals surface area contributed by atoms with Gasteiger partial charge in [0.1, 0.15) is 0 Å². The molecule has 1 aromatic rings. The molecule has 6 heteroatoms. The molecule has 0 heterocycles. The van der Waals surface area contributed by atoms with E-state index in [0.717, 1.165) is 18.4 Å². The van der Waals surface area contributed by atoms with Crippen LogP contribution in [0.25, 0.3) is 0 Å². The summed E-state index contributed by atoms with van der Waals surface area (Å²) < 4.78 is 5.00. The minimum Gasteiger partial charge on any atom is -0.456 e. The van der Waals surface area contributed by atoms with Gasteiger partial charge in [-0.2, -0.15) is 0 Å². The van der Waals surface area contributed by atoms with Crippen molar-refractivity contribution >= 4 is 35.1 Å². The molecule has 1 fully saturated rings. The van der Waals surface area contributed by atoms with Gasteiger partial charge in [-0.15, -0.1) is 0 Å². The standard InChI is InChI=1S/C16H19Cl2NO3/c17-13-6-5-12(14(18)8-13)9-19-15(20)10-22-16(21)7-11-3-1-2-4-11/h5-6,8,11H,1-4,7,9-10H2,(H,19,20). The van der Waals surface area contributed by atoms with Crippen molar-refractivity contribution in [2.24, 2.45) is 5.92 Å². The molecule has 1 aliphatic carbocycles. The average Bonchev–Trinajstić information content (AvgIpc) is 2.97. The van der Waals surface area contributed by atoms with Gasteiger partial charge in [0.25, 0.3) is 5.91 Å². The van der Waals surface area contributed by atoms with E-state index in [-0.39, 0.29) is 25.0 Å². The topological polar surface area (TPSA) is 55.4 Å². The number of carbonyl (C=O) groups is 2. The van der Waals surface area contributed by atoms with Crippen LogP contribution in [0.5, 0.6) is 0 Å². The van der Waals surface area contributed by atoms with E-state index in [1.165, 1.54) is 12.8 Å². The molecule has 0 atom stereocenters. The number of hydrogen-bond acceptors (Lipinski definition) is 3. The zero-order valence-electron chi connectivity index (χ0n) is 12.2. The largest absolute Gasteiger partial charge is 0.456 e. The number of carbonyl (C=O) groups excluding carboxylic acids is 2. The highest BCUT2D eigenvalue weighted by molar-refractivity contribution is 6.35. The summed E-state index contributed by atoms with van der Waals surface area (Å²) in [5, 5.41) is 3.70. The number of halogens is 2. The number of nitrogens with one attached hydrogen (secondary N) is 1. The van der Waals surface area contributed by atoms with Crippen LogP contribution in [-0.2, 0) is 20.9 Å². The van der Waals surface area contributed by atoms with E-state index in [1.807, 2.05) is 0 Å². The fourth-order valence-corrected chi connectivity index (χ4v) is 3.04. The van der Waals surface area contributed by atoms with Crippen LogP contribution in [0.15, 0.2) is 18.2 Å². The molecule has 0 aromatic heterocycles. The van der Waals surface area contributed by atoms with Gasteiger partial charge in [-0.25, -0.2) is 0 Å². The zero-order chi connectivity index (χ0) is 15.9. The first-order chi connectivity index (χ1) is 10.5. The molecule has 0 unspecified atom stereocenters. The number of rotatable bonds is 6. The Morgan fingerprint density at radius 1 is 1.23 bits per heavy atom. The van der Waals surface area contributed by atoms with Gasteiger partial charge in [0, 0.05) is 23.0 Å². The lowest BCUT2D eigenvalue weighted by Crippen LogP contribution is -2.28. The fraction of sp³-hybridized carbons (Fsp3) is 0.500. The van der Waals surface area contributed by atoms with Crippen LogP contribution in [0.4, 0.5) is 0 Å². The summed E-state index contributed by atoms with van der Waals surface area (Å²) in [5.41, 5.74) is 0.761. The summed E-state index contributed by atoms with van der Waals surface area (Å²) in [4.78, 5) is 23.3. The Bertz CT molecular complexity index is 542. The average molecular weight is 344 g/mol. The molecule has 1 amide bonds. The Kier molecular flexibility index (Phi) is 6.52. The van der Waals surface area contributed by atoms with Crippen LogP contribution in [0.3, 0.4) is 0 Å². The smallest absolute Gasteiger partial charge is 0.306 e. The minimum atomic E-state index is -0.342. The molecule has 120 valence electrons. The molecule has 0 saturated heterocycles. The van der Waals surface area contributed by atoms with Crippen LogP contribution in [0.1, 0.15) is 37.7 Å². The fourth-order valence-electron chi connectivity index (χ4n) is 2.57. The Morgan fingerprint density at radius 3 is 2.64 bits per heavy atom. The van der Waals surface area contributed by atoms with E-state index in [4.69, 9.17) is 27.9 Å². The normalized spacial score (nSPS) is 14.8. The number of amides is 1. The maximum absolute atomic E-state index is 11.7. The third kappa shape index (κ3) is 5.50. The molecular formula is C16H19Cl2NO3. The van der Waals surface area contributed by atoms with Crippen molar-refractivity contribution in [1.29, 1.82) is 0 Å². The first-order valence-corrected chi connectivity index (χ1v) is 8.16. The van der Waals surface area contributed by atoms with E-state index < -0.39 is 0 Å². The van der Waals surface area contributed by atoms with Crippen molar-refractivity contribution in [3.8, 4) is 0 Å². The van der Waals surface area contributed by atoms with E-state index in [2.05, 4.69) is 5.32 Å². The van der Waals surface area contributed by atoms with E-state index in [1.54, 1.807) is 18.2 Å². The van der Waals surface area contributed by atoms with Crippen molar-refractivity contribution in [3.63, 3.8) is 0 Å². The summed E-state index contributed by atoms with van der Waals surface area (Å²) in [6.07, 6.45) is 4.93. The second kappa shape index (κ2) is 8.39. The van der Waals surface area contributed by atoms with Crippen LogP contribution in [0.2, 0.25) is 10.0 Å². The van der Waals surface area contributed by atoms with Gasteiger partial charge >= 0.3 is 5.97 Å². The Morgan fingerprint density at radius 2 is 1.95 bits per heavy atom. The van der Waals surface area contributed by atoms with E-state index >= 15 is 0 Å². The molecule has 0 radical (unpaired) electrons. The lowest BCUT2D eigenvalue weighted by Gasteiger charge is -2.10. The van der Waals surface area contributed by atoms with Crippen LogP contribution in [0, 0.1) is 5.92 Å². The first-order valence-electron chi connectivity index (χ1n) is 7.41. The third-order valence-electron chi connectivity index (χ3n) is 3.79. The van der Waals surface area contributed by atoms with Gasteiger partial charge in [-0.1, -0.05) is 42.1 Å². The van der Waals surface area contributed by atoms with Crippen LogP contribution < -0.4 is 5.32 Å². The molecule has 1 N–H and O–H groups in total. The van der Waals surface area contributed by atoms with Crippen LogP contribution >= 0.6 is 23.2 Å². The highest BCUT2D eigenvalue weighted by Gasteiger charge is 2.19. The number of ether oxygens (including phenoxy) is 1. The van der Waals surface area contributed by atoms with E-state index in [9.17, 15) is 9.59 Å². The first kappa shape index (κ1) is 17.1. The monoisotopic (exact) mass is 343 g/mol. The van der Waals surface area contributed by atoms with Crippen molar-refractivity contribution in [1.82, 2.24) is 5.32 Å². The van der Waals surface area contributed by atoms with Gasteiger partial charge in [0.05, 0.1) is 0 Å². The van der Waals surface area contributed by atoms with Crippen LogP contribution in [-0.4, -0.2) is 18.5 Å². The number of esters is 1. The maximum atomic E-state index is 11.7. The van der Waals surface area contributed by atoms with Crippen molar-refractivity contribution in [3.05, 3.63) is 33.8 Å². The third-order valence-corrected chi connectivity index (χ3v) is 4.37.